The first-order valence-corrected chi connectivity index (χ1v) is 10.8. The van der Waals surface area contributed by atoms with Gasteiger partial charge in [0.05, 0.1) is 13.2 Å². The summed E-state index contributed by atoms with van der Waals surface area (Å²) in [7, 11) is 0. The third kappa shape index (κ3) is 9.93. The average Bonchev–Trinajstić information content (AvgIpc) is 2.77. The quantitative estimate of drug-likeness (QED) is 0.191. The molecule has 1 fully saturated rings. The van der Waals surface area contributed by atoms with Crippen molar-refractivity contribution in [3.8, 4) is 0 Å². The monoisotopic (exact) mass is 519 g/mol. The molecule has 1 aliphatic rings. The van der Waals surface area contributed by atoms with Gasteiger partial charge >= 0.3 is 35.8 Å². The Morgan fingerprint density at radius 3 is 1.69 bits per heavy atom. The second-order valence-electron chi connectivity index (χ2n) is 7.70. The van der Waals surface area contributed by atoms with E-state index >= 15 is 0 Å². The molecule has 202 valence electrons. The molecule has 0 amide bonds. The Labute approximate surface area is 205 Å². The van der Waals surface area contributed by atoms with Crippen molar-refractivity contribution in [3.63, 3.8) is 0 Å². The molecule has 15 heteroatoms. The highest BCUT2D eigenvalue weighted by atomic mass is 16.7. The Morgan fingerprint density at radius 1 is 0.750 bits per heavy atom. The summed E-state index contributed by atoms with van der Waals surface area (Å²) in [6, 6.07) is 0. The van der Waals surface area contributed by atoms with Crippen molar-refractivity contribution < 1.29 is 61.9 Å². The van der Waals surface area contributed by atoms with Crippen molar-refractivity contribution in [1.29, 1.82) is 0 Å². The molecule has 0 spiro atoms. The Balaban J connectivity index is 3.53. The fourth-order valence-electron chi connectivity index (χ4n) is 3.22. The first-order valence-electron chi connectivity index (χ1n) is 10.8. The van der Waals surface area contributed by atoms with Crippen LogP contribution in [0.2, 0.25) is 0 Å². The lowest BCUT2D eigenvalue weighted by Gasteiger charge is -2.36. The first kappa shape index (κ1) is 30.4. The van der Waals surface area contributed by atoms with Crippen LogP contribution in [-0.4, -0.2) is 85.8 Å². The van der Waals surface area contributed by atoms with E-state index in [1.165, 1.54) is 0 Å². The Hall–Kier alpha value is -3.62. The number of nitrogens with zero attached hydrogens (tertiary/aromatic N) is 1. The number of hydrogen-bond acceptors (Lipinski definition) is 15. The first-order chi connectivity index (χ1) is 16.8. The zero-order valence-corrected chi connectivity index (χ0v) is 20.5. The van der Waals surface area contributed by atoms with Crippen LogP contribution in [0.3, 0.4) is 0 Å². The van der Waals surface area contributed by atoms with Crippen molar-refractivity contribution in [3.05, 3.63) is 4.91 Å². The molecule has 0 N–H and O–H groups in total. The molecular formula is C21H29NO14. The second-order valence-corrected chi connectivity index (χ2v) is 7.70. The van der Waals surface area contributed by atoms with Gasteiger partial charge in [-0.1, -0.05) is 0 Å². The predicted octanol–water partition coefficient (Wildman–Crippen LogP) is 0.0926. The minimum absolute atomic E-state index is 0.0393. The summed E-state index contributed by atoms with van der Waals surface area (Å²) >= 11 is 0. The normalized spacial score (nSPS) is 17.7. The van der Waals surface area contributed by atoms with Crippen molar-refractivity contribution in [1.82, 2.24) is 0 Å². The molecule has 0 bridgehead atoms. The third-order valence-corrected chi connectivity index (χ3v) is 4.62. The topological polar surface area (TPSA) is 196 Å². The van der Waals surface area contributed by atoms with Gasteiger partial charge in [-0.3, -0.25) is 24.0 Å². The van der Waals surface area contributed by atoms with E-state index in [-0.39, 0.29) is 26.1 Å². The van der Waals surface area contributed by atoms with Gasteiger partial charge in [0.25, 0.3) is 0 Å². The van der Waals surface area contributed by atoms with Gasteiger partial charge in [0, 0.05) is 47.5 Å². The highest BCUT2D eigenvalue weighted by Gasteiger charge is 2.50. The van der Waals surface area contributed by atoms with Gasteiger partial charge in [-0.2, -0.15) is 0 Å². The van der Waals surface area contributed by atoms with Crippen LogP contribution in [0.5, 0.6) is 0 Å². The summed E-state index contributed by atoms with van der Waals surface area (Å²) in [5.41, 5.74) is -1.86. The van der Waals surface area contributed by atoms with Crippen LogP contribution in [0.15, 0.2) is 5.18 Å². The van der Waals surface area contributed by atoms with E-state index in [4.69, 9.17) is 33.2 Å². The number of nitroso groups, excluding NO2 is 1. The molecule has 1 heterocycles. The third-order valence-electron chi connectivity index (χ3n) is 4.62. The maximum absolute atomic E-state index is 13.2. The van der Waals surface area contributed by atoms with E-state index < -0.39 is 72.6 Å². The van der Waals surface area contributed by atoms with Crippen molar-refractivity contribution in [2.45, 2.75) is 77.6 Å². The molecule has 0 aromatic carbocycles. The number of carbonyl (C=O) groups is 6. The molecule has 0 aromatic rings. The lowest BCUT2D eigenvalue weighted by Crippen LogP contribution is -2.56. The van der Waals surface area contributed by atoms with Crippen LogP contribution >= 0.6 is 0 Å². The zero-order valence-electron chi connectivity index (χ0n) is 20.5. The summed E-state index contributed by atoms with van der Waals surface area (Å²) < 4.78 is 35.7. The standard InChI is InChI=1S/C21H29NO14/c1-11(23)31-10-16(32-12(2)24)17(33-13(3)25)18(34-14(4)26)19(35-15(5)27)20(28)36-21(22-29)6-8-30-9-7-21/h16-19H,6-10H2,1-5H3. The smallest absolute Gasteiger partial charge is 0.353 e. The van der Waals surface area contributed by atoms with Crippen LogP contribution in [0, 0.1) is 4.91 Å². The summed E-state index contributed by atoms with van der Waals surface area (Å²) in [5.74, 6) is -6.13. The van der Waals surface area contributed by atoms with Gasteiger partial charge in [-0.05, 0) is 5.18 Å². The summed E-state index contributed by atoms with van der Waals surface area (Å²) in [6.45, 7) is 4.26. The molecule has 1 saturated heterocycles. The highest BCUT2D eigenvalue weighted by molar-refractivity contribution is 5.80. The van der Waals surface area contributed by atoms with E-state index in [1.807, 2.05) is 0 Å². The van der Waals surface area contributed by atoms with Crippen molar-refractivity contribution in [2.75, 3.05) is 19.8 Å². The molecule has 0 aromatic heterocycles. The molecule has 15 nitrogen and oxygen atoms in total. The van der Waals surface area contributed by atoms with Crippen molar-refractivity contribution >= 4 is 35.8 Å². The summed E-state index contributed by atoms with van der Waals surface area (Å²) in [4.78, 5) is 83.5. The van der Waals surface area contributed by atoms with Crippen LogP contribution in [0.1, 0.15) is 47.5 Å². The molecule has 4 atom stereocenters. The van der Waals surface area contributed by atoms with E-state index in [1.54, 1.807) is 0 Å². The lowest BCUT2D eigenvalue weighted by molar-refractivity contribution is -0.214. The maximum Gasteiger partial charge on any atom is 0.353 e. The second kappa shape index (κ2) is 14.1. The van der Waals surface area contributed by atoms with Gasteiger partial charge in [0.15, 0.2) is 18.3 Å². The van der Waals surface area contributed by atoms with E-state index in [0.717, 1.165) is 34.6 Å². The van der Waals surface area contributed by atoms with Crippen LogP contribution in [-0.2, 0) is 61.9 Å². The molecule has 1 rings (SSSR count). The molecule has 4 unspecified atom stereocenters. The van der Waals surface area contributed by atoms with Crippen LogP contribution in [0.4, 0.5) is 0 Å². The van der Waals surface area contributed by atoms with Gasteiger partial charge in [-0.15, -0.1) is 4.91 Å². The van der Waals surface area contributed by atoms with Gasteiger partial charge in [-0.25, -0.2) is 4.79 Å². The summed E-state index contributed by atoms with van der Waals surface area (Å²) in [5, 5.41) is 2.88. The fourth-order valence-corrected chi connectivity index (χ4v) is 3.22. The highest BCUT2D eigenvalue weighted by Crippen LogP contribution is 2.29. The molecule has 36 heavy (non-hydrogen) atoms. The van der Waals surface area contributed by atoms with E-state index in [9.17, 15) is 33.7 Å². The number of esters is 6. The van der Waals surface area contributed by atoms with Gasteiger partial charge in [0.1, 0.15) is 6.61 Å². The van der Waals surface area contributed by atoms with Crippen LogP contribution < -0.4 is 0 Å². The molecule has 0 aliphatic carbocycles. The Kier molecular flexibility index (Phi) is 11.9. The van der Waals surface area contributed by atoms with Gasteiger partial charge in [0.2, 0.25) is 11.8 Å². The minimum Gasteiger partial charge on any atom is -0.462 e. The largest absolute Gasteiger partial charge is 0.462 e. The number of carbonyl (C=O) groups excluding carboxylic acids is 6. The van der Waals surface area contributed by atoms with E-state index in [0.29, 0.717) is 0 Å². The molecular weight excluding hydrogens is 490 g/mol. The van der Waals surface area contributed by atoms with Crippen molar-refractivity contribution in [2.24, 2.45) is 5.18 Å². The molecule has 0 saturated carbocycles. The fraction of sp³-hybridized carbons (Fsp3) is 0.714. The number of ether oxygens (including phenoxy) is 7. The van der Waals surface area contributed by atoms with Crippen LogP contribution in [0.25, 0.3) is 0 Å². The minimum atomic E-state index is -2.12. The van der Waals surface area contributed by atoms with E-state index in [2.05, 4.69) is 5.18 Å². The molecule has 1 aliphatic heterocycles. The predicted molar refractivity (Wildman–Crippen MR) is 114 cm³/mol. The zero-order chi connectivity index (χ0) is 27.5. The van der Waals surface area contributed by atoms with Gasteiger partial charge < -0.3 is 33.2 Å². The number of hydrogen-bond donors (Lipinski definition) is 0. The Bertz CT molecular complexity index is 850. The molecule has 0 radical (unpaired) electrons. The number of rotatable bonds is 12. The maximum atomic E-state index is 13.2. The average molecular weight is 519 g/mol. The Morgan fingerprint density at radius 2 is 1.25 bits per heavy atom. The SMILES string of the molecule is CC(=O)OCC(OC(C)=O)C(OC(C)=O)C(OC(C)=O)C(OC(C)=O)C(=O)OC1(N=O)CCOCC1. The lowest BCUT2D eigenvalue weighted by atomic mass is 10.0. The summed E-state index contributed by atoms with van der Waals surface area (Å²) in [6.07, 6.45) is -7.75.